The molecule has 1 amide bonds. The number of rotatable bonds is 7. The van der Waals surface area contributed by atoms with E-state index in [-0.39, 0.29) is 18.2 Å². The summed E-state index contributed by atoms with van der Waals surface area (Å²) < 4.78 is 32.5. The lowest BCUT2D eigenvalue weighted by Crippen LogP contribution is -2.44. The Morgan fingerprint density at radius 2 is 1.97 bits per heavy atom. The van der Waals surface area contributed by atoms with Crippen LogP contribution in [-0.2, 0) is 20.6 Å². The van der Waals surface area contributed by atoms with Gasteiger partial charge in [0.05, 0.1) is 18.8 Å². The summed E-state index contributed by atoms with van der Waals surface area (Å²) in [6.07, 6.45) is 1.17. The van der Waals surface area contributed by atoms with Crippen LogP contribution in [0.5, 0.6) is 5.75 Å². The van der Waals surface area contributed by atoms with Crippen molar-refractivity contribution in [2.24, 2.45) is 5.92 Å². The number of anilines is 1. The Balaban J connectivity index is 1.40. The van der Waals surface area contributed by atoms with Crippen LogP contribution in [0.2, 0.25) is 10.0 Å². The largest absolute Gasteiger partial charge is 0.497 e. The maximum absolute atomic E-state index is 13.0. The van der Waals surface area contributed by atoms with Gasteiger partial charge in [-0.25, -0.2) is 12.7 Å². The van der Waals surface area contributed by atoms with E-state index < -0.39 is 15.9 Å². The van der Waals surface area contributed by atoms with Gasteiger partial charge in [-0.15, -0.1) is 10.2 Å². The molecule has 1 fully saturated rings. The first kappa shape index (κ1) is 24.9. The van der Waals surface area contributed by atoms with Gasteiger partial charge in [-0.1, -0.05) is 40.6 Å². The van der Waals surface area contributed by atoms with Crippen LogP contribution in [0.25, 0.3) is 10.6 Å². The van der Waals surface area contributed by atoms with Crippen LogP contribution in [0, 0.1) is 5.92 Å². The molecule has 34 heavy (non-hydrogen) atoms. The number of hydrogen-bond donors (Lipinski definition) is 1. The molecule has 0 spiro atoms. The van der Waals surface area contributed by atoms with Crippen molar-refractivity contribution in [1.82, 2.24) is 14.5 Å². The topological polar surface area (TPSA) is 101 Å². The van der Waals surface area contributed by atoms with Crippen molar-refractivity contribution in [1.29, 1.82) is 0 Å². The second kappa shape index (κ2) is 10.6. The standard InChI is InChI=1S/C22H22Cl2N4O4S2/c1-32-18-8-5-14(6-9-18)21-26-27-22(33-21)25-20(29)15-3-2-10-28(12-15)34(30,31)13-16-4-7-17(23)11-19(16)24/h4-9,11,15H,2-3,10,12-13H2,1H3,(H,25,27,29)/t15-/m1/s1. The highest BCUT2D eigenvalue weighted by molar-refractivity contribution is 7.88. The lowest BCUT2D eigenvalue weighted by Gasteiger charge is -2.31. The molecule has 0 unspecified atom stereocenters. The minimum absolute atomic E-state index is 0.101. The highest BCUT2D eigenvalue weighted by Gasteiger charge is 2.33. The van der Waals surface area contributed by atoms with Crippen LogP contribution in [0.1, 0.15) is 18.4 Å². The third kappa shape index (κ3) is 5.87. The molecule has 2 heterocycles. The number of carbonyl (C=O) groups excluding carboxylic acids is 1. The molecular weight excluding hydrogens is 519 g/mol. The van der Waals surface area contributed by atoms with Crippen molar-refractivity contribution < 1.29 is 17.9 Å². The van der Waals surface area contributed by atoms with E-state index in [9.17, 15) is 13.2 Å². The second-order valence-corrected chi connectivity index (χ2v) is 11.6. The van der Waals surface area contributed by atoms with Crippen LogP contribution < -0.4 is 10.1 Å². The summed E-state index contributed by atoms with van der Waals surface area (Å²) in [6, 6.07) is 12.1. The number of hydrogen-bond acceptors (Lipinski definition) is 7. The Morgan fingerprint density at radius 1 is 1.21 bits per heavy atom. The first-order valence-corrected chi connectivity index (χ1v) is 13.6. The van der Waals surface area contributed by atoms with Gasteiger partial charge >= 0.3 is 0 Å². The third-order valence-corrected chi connectivity index (χ3v) is 8.76. The molecule has 1 N–H and O–H groups in total. The van der Waals surface area contributed by atoms with Crippen LogP contribution in [-0.4, -0.2) is 49.0 Å². The number of ether oxygens (including phenoxy) is 1. The van der Waals surface area contributed by atoms with Gasteiger partial charge in [0.2, 0.25) is 21.1 Å². The van der Waals surface area contributed by atoms with Gasteiger partial charge in [0.25, 0.3) is 0 Å². The SMILES string of the molecule is COc1ccc(-c2nnc(NC(=O)[C@@H]3CCCN(S(=O)(=O)Cc4ccc(Cl)cc4Cl)C3)s2)cc1. The third-order valence-electron chi connectivity index (χ3n) is 5.49. The molecule has 1 saturated heterocycles. The molecule has 3 aromatic rings. The molecule has 4 rings (SSSR count). The van der Waals surface area contributed by atoms with Gasteiger partial charge in [-0.2, -0.15) is 0 Å². The van der Waals surface area contributed by atoms with Crippen LogP contribution in [0.4, 0.5) is 5.13 Å². The molecule has 8 nitrogen and oxygen atoms in total. The Kier molecular flexibility index (Phi) is 7.73. The van der Waals surface area contributed by atoms with E-state index in [2.05, 4.69) is 15.5 Å². The summed E-state index contributed by atoms with van der Waals surface area (Å²) in [7, 11) is -2.06. The van der Waals surface area contributed by atoms with Crippen molar-refractivity contribution >= 4 is 55.6 Å². The molecule has 12 heteroatoms. The van der Waals surface area contributed by atoms with E-state index in [0.29, 0.717) is 45.1 Å². The average Bonchev–Trinajstić information content (AvgIpc) is 3.29. The van der Waals surface area contributed by atoms with Crippen molar-refractivity contribution in [2.45, 2.75) is 18.6 Å². The predicted molar refractivity (Wildman–Crippen MR) is 134 cm³/mol. The van der Waals surface area contributed by atoms with Gasteiger partial charge < -0.3 is 10.1 Å². The van der Waals surface area contributed by atoms with E-state index in [1.54, 1.807) is 19.2 Å². The molecule has 1 atom stereocenters. The molecule has 1 aliphatic rings. The second-order valence-electron chi connectivity index (χ2n) is 7.82. The number of aromatic nitrogens is 2. The zero-order valence-corrected chi connectivity index (χ0v) is 21.3. The fourth-order valence-corrected chi connectivity index (χ4v) is 6.62. The molecular formula is C22H22Cl2N4O4S2. The van der Waals surface area contributed by atoms with Crippen LogP contribution in [0.3, 0.4) is 0 Å². The lowest BCUT2D eigenvalue weighted by atomic mass is 9.99. The monoisotopic (exact) mass is 540 g/mol. The molecule has 2 aromatic carbocycles. The van der Waals surface area contributed by atoms with Crippen molar-refractivity contribution in [3.63, 3.8) is 0 Å². The summed E-state index contributed by atoms with van der Waals surface area (Å²) >= 11 is 13.3. The maximum atomic E-state index is 13.0. The summed E-state index contributed by atoms with van der Waals surface area (Å²) in [6.45, 7) is 0.460. The lowest BCUT2D eigenvalue weighted by molar-refractivity contribution is -0.120. The van der Waals surface area contributed by atoms with E-state index in [1.165, 1.54) is 21.7 Å². The van der Waals surface area contributed by atoms with Gasteiger partial charge in [-0.05, 0) is 54.8 Å². The van der Waals surface area contributed by atoms with Gasteiger partial charge in [0.15, 0.2) is 0 Å². The number of halogens is 2. The Hall–Kier alpha value is -2.24. The summed E-state index contributed by atoms with van der Waals surface area (Å²) in [5, 5.41) is 12.7. The quantitative estimate of drug-likeness (QED) is 0.465. The number of sulfonamides is 1. The van der Waals surface area contributed by atoms with Crippen molar-refractivity contribution in [2.75, 3.05) is 25.5 Å². The zero-order chi connectivity index (χ0) is 24.3. The zero-order valence-electron chi connectivity index (χ0n) is 18.2. The number of methoxy groups -OCH3 is 1. The van der Waals surface area contributed by atoms with E-state index in [1.807, 2.05) is 24.3 Å². The van der Waals surface area contributed by atoms with Gasteiger partial charge in [-0.3, -0.25) is 4.79 Å². The number of piperidine rings is 1. The molecule has 1 aromatic heterocycles. The summed E-state index contributed by atoms with van der Waals surface area (Å²) in [4.78, 5) is 12.9. The Bertz CT molecular complexity index is 1280. The fourth-order valence-electron chi connectivity index (χ4n) is 3.67. The fraction of sp³-hybridized carbons (Fsp3) is 0.318. The maximum Gasteiger partial charge on any atom is 0.230 e. The highest BCUT2D eigenvalue weighted by atomic mass is 35.5. The Morgan fingerprint density at radius 3 is 2.68 bits per heavy atom. The van der Waals surface area contributed by atoms with Crippen LogP contribution in [0.15, 0.2) is 42.5 Å². The van der Waals surface area contributed by atoms with E-state index in [4.69, 9.17) is 27.9 Å². The van der Waals surface area contributed by atoms with Crippen molar-refractivity contribution in [3.05, 3.63) is 58.1 Å². The molecule has 0 radical (unpaired) electrons. The number of amides is 1. The van der Waals surface area contributed by atoms with E-state index >= 15 is 0 Å². The normalized spacial score (nSPS) is 16.9. The first-order valence-electron chi connectivity index (χ1n) is 10.5. The molecule has 1 aliphatic heterocycles. The Labute approximate surface area is 211 Å². The minimum Gasteiger partial charge on any atom is -0.497 e. The molecule has 0 bridgehead atoms. The van der Waals surface area contributed by atoms with Crippen LogP contribution >= 0.6 is 34.5 Å². The average molecular weight is 541 g/mol. The first-order chi connectivity index (χ1) is 16.2. The summed E-state index contributed by atoms with van der Waals surface area (Å²) in [5.41, 5.74) is 1.33. The molecule has 0 saturated carbocycles. The number of carbonyl (C=O) groups is 1. The smallest absolute Gasteiger partial charge is 0.230 e. The highest BCUT2D eigenvalue weighted by Crippen LogP contribution is 2.30. The number of nitrogens with zero attached hydrogens (tertiary/aromatic N) is 3. The minimum atomic E-state index is -3.66. The summed E-state index contributed by atoms with van der Waals surface area (Å²) in [5.74, 6) is -0.282. The van der Waals surface area contributed by atoms with Gasteiger partial charge in [0.1, 0.15) is 10.8 Å². The number of benzene rings is 2. The van der Waals surface area contributed by atoms with Gasteiger partial charge in [0, 0.05) is 28.7 Å². The number of nitrogens with one attached hydrogen (secondary N) is 1. The molecule has 180 valence electrons. The van der Waals surface area contributed by atoms with Crippen molar-refractivity contribution in [3.8, 4) is 16.3 Å². The predicted octanol–water partition coefficient (Wildman–Crippen LogP) is 4.70. The van der Waals surface area contributed by atoms with E-state index in [0.717, 1.165) is 11.3 Å². The molecule has 0 aliphatic carbocycles.